The second-order valence-electron chi connectivity index (χ2n) is 5.76. The highest BCUT2D eigenvalue weighted by Gasteiger charge is 2.33. The molecule has 0 amide bonds. The molecule has 0 nitrogen and oxygen atoms in total. The molecule has 2 saturated carbocycles. The van der Waals surface area contributed by atoms with Crippen molar-refractivity contribution in [1.82, 2.24) is 0 Å². The van der Waals surface area contributed by atoms with Crippen LogP contribution >= 0.6 is 0 Å². The first-order chi connectivity index (χ1) is 6.25. The van der Waals surface area contributed by atoms with E-state index in [1.807, 2.05) is 0 Å². The molecular weight excluding hydrogens is 156 g/mol. The Morgan fingerprint density at radius 3 is 2.31 bits per heavy atom. The van der Waals surface area contributed by atoms with Crippen molar-refractivity contribution >= 4 is 0 Å². The van der Waals surface area contributed by atoms with E-state index in [0.29, 0.717) is 0 Å². The molecule has 2 unspecified atom stereocenters. The first-order valence-electron chi connectivity index (χ1n) is 6.25. The van der Waals surface area contributed by atoms with Crippen LogP contribution in [-0.2, 0) is 0 Å². The summed E-state index contributed by atoms with van der Waals surface area (Å²) < 4.78 is 0. The maximum atomic E-state index is 2.37. The second kappa shape index (κ2) is 4.02. The van der Waals surface area contributed by atoms with Gasteiger partial charge in [0.15, 0.2) is 0 Å². The van der Waals surface area contributed by atoms with Gasteiger partial charge in [-0.2, -0.15) is 0 Å². The molecule has 0 heterocycles. The third-order valence-corrected chi connectivity index (χ3v) is 4.20. The molecule has 0 saturated heterocycles. The van der Waals surface area contributed by atoms with Gasteiger partial charge in [-0.3, -0.25) is 0 Å². The maximum absolute atomic E-state index is 2.37. The third-order valence-electron chi connectivity index (χ3n) is 4.20. The van der Waals surface area contributed by atoms with Gasteiger partial charge in [0.1, 0.15) is 0 Å². The molecule has 0 bridgehead atoms. The quantitative estimate of drug-likeness (QED) is 0.609. The first kappa shape index (κ1) is 9.55. The molecular formula is C13H24. The Morgan fingerprint density at radius 1 is 1.00 bits per heavy atom. The molecule has 2 aliphatic rings. The van der Waals surface area contributed by atoms with Crippen molar-refractivity contribution in [1.29, 1.82) is 0 Å². The Labute approximate surface area is 83.1 Å². The largest absolute Gasteiger partial charge is 0.0628 e. The summed E-state index contributed by atoms with van der Waals surface area (Å²) in [6.45, 7) is 4.74. The molecule has 0 aliphatic heterocycles. The summed E-state index contributed by atoms with van der Waals surface area (Å²) in [7, 11) is 0. The number of hydrogen-bond acceptors (Lipinski definition) is 0. The van der Waals surface area contributed by atoms with E-state index in [1.54, 1.807) is 32.1 Å². The van der Waals surface area contributed by atoms with E-state index < -0.39 is 0 Å². The van der Waals surface area contributed by atoms with Crippen molar-refractivity contribution < 1.29 is 0 Å². The van der Waals surface area contributed by atoms with Gasteiger partial charge in [-0.05, 0) is 42.9 Å². The average molecular weight is 180 g/mol. The van der Waals surface area contributed by atoms with Crippen molar-refractivity contribution in [2.24, 2.45) is 23.7 Å². The lowest BCUT2D eigenvalue weighted by Gasteiger charge is -2.31. The standard InChI is InChI=1S/C13H24/c1-10(2)8-11-6-7-13(9-11)12-4-3-5-12/h10-13H,3-9H2,1-2H3. The molecule has 0 spiro atoms. The van der Waals surface area contributed by atoms with Crippen LogP contribution in [0.25, 0.3) is 0 Å². The van der Waals surface area contributed by atoms with Gasteiger partial charge in [0.2, 0.25) is 0 Å². The summed E-state index contributed by atoms with van der Waals surface area (Å²) in [5.74, 6) is 4.30. The van der Waals surface area contributed by atoms with Crippen LogP contribution in [0.2, 0.25) is 0 Å². The van der Waals surface area contributed by atoms with Crippen LogP contribution in [0.15, 0.2) is 0 Å². The molecule has 2 rings (SSSR count). The van der Waals surface area contributed by atoms with Crippen LogP contribution < -0.4 is 0 Å². The smallest absolute Gasteiger partial charge is 0.0383 e. The highest BCUT2D eigenvalue weighted by atomic mass is 14.4. The zero-order valence-electron chi connectivity index (χ0n) is 9.26. The molecule has 2 atom stereocenters. The first-order valence-corrected chi connectivity index (χ1v) is 6.25. The summed E-state index contributed by atoms with van der Waals surface area (Å²) in [6, 6.07) is 0. The minimum atomic E-state index is 0.921. The minimum Gasteiger partial charge on any atom is -0.0628 e. The van der Waals surface area contributed by atoms with E-state index in [2.05, 4.69) is 13.8 Å². The van der Waals surface area contributed by atoms with Crippen LogP contribution in [0.4, 0.5) is 0 Å². The number of hydrogen-bond donors (Lipinski definition) is 0. The topological polar surface area (TPSA) is 0 Å². The Kier molecular flexibility index (Phi) is 2.96. The van der Waals surface area contributed by atoms with Crippen LogP contribution in [-0.4, -0.2) is 0 Å². The Bertz CT molecular complexity index is 155. The van der Waals surface area contributed by atoms with Gasteiger partial charge < -0.3 is 0 Å². The fraction of sp³-hybridized carbons (Fsp3) is 1.00. The van der Waals surface area contributed by atoms with Crippen LogP contribution in [0.3, 0.4) is 0 Å². The molecule has 2 fully saturated rings. The maximum Gasteiger partial charge on any atom is -0.0383 e. The van der Waals surface area contributed by atoms with Crippen LogP contribution in [0.5, 0.6) is 0 Å². The molecule has 0 aromatic carbocycles. The highest BCUT2D eigenvalue weighted by Crippen LogP contribution is 2.45. The van der Waals surface area contributed by atoms with E-state index in [-0.39, 0.29) is 0 Å². The van der Waals surface area contributed by atoms with E-state index in [4.69, 9.17) is 0 Å². The van der Waals surface area contributed by atoms with Crippen molar-refractivity contribution in [2.75, 3.05) is 0 Å². The lowest BCUT2D eigenvalue weighted by Crippen LogP contribution is -2.19. The van der Waals surface area contributed by atoms with Gasteiger partial charge >= 0.3 is 0 Å². The lowest BCUT2D eigenvalue weighted by molar-refractivity contribution is 0.203. The fourth-order valence-corrected chi connectivity index (χ4v) is 3.33. The SMILES string of the molecule is CC(C)CC1CCC(C2CCC2)C1. The minimum absolute atomic E-state index is 0.921. The summed E-state index contributed by atoms with van der Waals surface area (Å²) in [6.07, 6.45) is 10.8. The number of rotatable bonds is 3. The molecule has 0 radical (unpaired) electrons. The molecule has 0 aromatic heterocycles. The van der Waals surface area contributed by atoms with E-state index in [0.717, 1.165) is 23.7 Å². The zero-order chi connectivity index (χ0) is 9.26. The van der Waals surface area contributed by atoms with Gasteiger partial charge in [-0.15, -0.1) is 0 Å². The third kappa shape index (κ3) is 2.27. The summed E-state index contributed by atoms with van der Waals surface area (Å²) in [4.78, 5) is 0. The Morgan fingerprint density at radius 2 is 1.77 bits per heavy atom. The fourth-order valence-electron chi connectivity index (χ4n) is 3.33. The summed E-state index contributed by atoms with van der Waals surface area (Å²) in [5, 5.41) is 0. The van der Waals surface area contributed by atoms with Gasteiger partial charge in [0, 0.05) is 0 Å². The zero-order valence-corrected chi connectivity index (χ0v) is 9.26. The highest BCUT2D eigenvalue weighted by molar-refractivity contribution is 4.84. The van der Waals surface area contributed by atoms with Gasteiger partial charge in [-0.25, -0.2) is 0 Å². The Hall–Kier alpha value is 0. The lowest BCUT2D eigenvalue weighted by atomic mass is 9.75. The van der Waals surface area contributed by atoms with Gasteiger partial charge in [0.25, 0.3) is 0 Å². The molecule has 76 valence electrons. The molecule has 0 heteroatoms. The van der Waals surface area contributed by atoms with E-state index in [9.17, 15) is 0 Å². The molecule has 2 aliphatic carbocycles. The predicted octanol–water partition coefficient (Wildman–Crippen LogP) is 4.25. The summed E-state index contributed by atoms with van der Waals surface area (Å²) >= 11 is 0. The van der Waals surface area contributed by atoms with Crippen molar-refractivity contribution in [3.05, 3.63) is 0 Å². The van der Waals surface area contributed by atoms with Gasteiger partial charge in [-0.1, -0.05) is 39.5 Å². The van der Waals surface area contributed by atoms with Crippen molar-refractivity contribution in [3.63, 3.8) is 0 Å². The van der Waals surface area contributed by atoms with Crippen molar-refractivity contribution in [3.8, 4) is 0 Å². The van der Waals surface area contributed by atoms with Crippen molar-refractivity contribution in [2.45, 2.75) is 58.8 Å². The van der Waals surface area contributed by atoms with Crippen LogP contribution in [0, 0.1) is 23.7 Å². The van der Waals surface area contributed by atoms with Crippen LogP contribution in [0.1, 0.15) is 58.8 Å². The molecule has 0 aromatic rings. The normalized spacial score (nSPS) is 35.3. The molecule has 13 heavy (non-hydrogen) atoms. The second-order valence-corrected chi connectivity index (χ2v) is 5.76. The average Bonchev–Trinajstić information content (AvgIpc) is 2.31. The summed E-state index contributed by atoms with van der Waals surface area (Å²) in [5.41, 5.74) is 0. The predicted molar refractivity (Wildman–Crippen MR) is 57.6 cm³/mol. The molecule has 0 N–H and O–H groups in total. The van der Waals surface area contributed by atoms with E-state index >= 15 is 0 Å². The Balaban J connectivity index is 1.73. The van der Waals surface area contributed by atoms with Gasteiger partial charge in [0.05, 0.1) is 0 Å². The van der Waals surface area contributed by atoms with E-state index in [1.165, 1.54) is 12.8 Å². The monoisotopic (exact) mass is 180 g/mol.